The molecule has 41 heavy (non-hydrogen) atoms. The number of hydrogen-bond donors (Lipinski definition) is 3. The molecule has 2 aliphatic heterocycles. The van der Waals surface area contributed by atoms with Gasteiger partial charge in [-0.15, -0.1) is 0 Å². The molecule has 1 aromatic rings. The highest BCUT2D eigenvalue weighted by Gasteiger charge is 2.81. The van der Waals surface area contributed by atoms with Crippen LogP contribution in [0, 0.1) is 11.8 Å². The van der Waals surface area contributed by atoms with Gasteiger partial charge in [0.1, 0.15) is 29.1 Å². The van der Waals surface area contributed by atoms with Crippen LogP contribution in [0.25, 0.3) is 0 Å². The van der Waals surface area contributed by atoms with E-state index in [0.717, 1.165) is 5.57 Å². The Balaban J connectivity index is 1.82. The minimum absolute atomic E-state index is 0.00708. The second-order valence-electron chi connectivity index (χ2n) is 12.7. The van der Waals surface area contributed by atoms with E-state index in [-0.39, 0.29) is 58.8 Å². The van der Waals surface area contributed by atoms with E-state index in [1.54, 1.807) is 26.0 Å². The molecule has 0 amide bonds. The minimum atomic E-state index is -1.61. The fourth-order valence-corrected chi connectivity index (χ4v) is 7.17. The lowest BCUT2D eigenvalue weighted by Gasteiger charge is -2.56. The van der Waals surface area contributed by atoms with Crippen molar-refractivity contribution >= 4 is 17.9 Å². The first-order valence-corrected chi connectivity index (χ1v) is 14.0. The molecule has 0 aromatic heterocycles. The monoisotopic (exact) mass is 562 g/mol. The second kappa shape index (κ2) is 9.53. The summed E-state index contributed by atoms with van der Waals surface area (Å²) in [5.41, 5.74) is -1.80. The maximum Gasteiger partial charge on any atom is 0.200 e. The number of allylic oxidation sites excluding steroid dienone is 4. The first-order chi connectivity index (χ1) is 19.1. The SMILES string of the molecule is C=C(C)[C@H](O)Cc1c(O)c(CC=C(C)C)c(O)c2c1O[C@@]13C(=C[C@H]4C[C@@H]1C(C)(C)O[C@]3(C/C=C(\C)C=O)C4=O)C2=O. The normalized spacial score (nSPS) is 29.7. The third-order valence-corrected chi connectivity index (χ3v) is 9.27. The Morgan fingerprint density at radius 2 is 1.80 bits per heavy atom. The summed E-state index contributed by atoms with van der Waals surface area (Å²) in [6.07, 6.45) is 5.15. The Kier molecular flexibility index (Phi) is 6.74. The number of phenols is 2. The Labute approximate surface area is 240 Å². The molecule has 8 nitrogen and oxygen atoms in total. The number of carbonyl (C=O) groups excluding carboxylic acids is 3. The molecule has 0 unspecified atom stereocenters. The number of aromatic hydroxyl groups is 2. The number of phenolic OH excluding ortho intramolecular Hbond substituents is 2. The fraction of sp³-hybridized carbons (Fsp3) is 0.485. The lowest BCUT2D eigenvalue weighted by Crippen LogP contribution is -2.72. The summed E-state index contributed by atoms with van der Waals surface area (Å²) < 4.78 is 13.5. The molecule has 4 bridgehead atoms. The van der Waals surface area contributed by atoms with Crippen molar-refractivity contribution in [1.29, 1.82) is 0 Å². The highest BCUT2D eigenvalue weighted by atomic mass is 16.6. The first kappa shape index (κ1) is 29.0. The molecule has 1 saturated carbocycles. The van der Waals surface area contributed by atoms with E-state index in [1.165, 1.54) is 0 Å². The van der Waals surface area contributed by atoms with Gasteiger partial charge in [-0.1, -0.05) is 36.0 Å². The summed E-state index contributed by atoms with van der Waals surface area (Å²) in [6, 6.07) is 0. The average Bonchev–Trinajstić information content (AvgIpc) is 3.06. The van der Waals surface area contributed by atoms with Crippen LogP contribution in [-0.4, -0.2) is 56.1 Å². The molecule has 1 spiro atoms. The van der Waals surface area contributed by atoms with Gasteiger partial charge in [0.05, 0.1) is 11.7 Å². The molecule has 218 valence electrons. The van der Waals surface area contributed by atoms with Crippen molar-refractivity contribution in [3.63, 3.8) is 0 Å². The Morgan fingerprint density at radius 3 is 2.41 bits per heavy atom. The number of Topliss-reactive ketones (excluding diaryl/α,β-unsaturated/α-hetero) is 2. The molecular formula is C33H38O8. The Morgan fingerprint density at radius 1 is 1.12 bits per heavy atom. The number of ketones is 2. The van der Waals surface area contributed by atoms with E-state index in [2.05, 4.69) is 6.58 Å². The average molecular weight is 563 g/mol. The topological polar surface area (TPSA) is 130 Å². The number of benzene rings is 1. The zero-order valence-electron chi connectivity index (χ0n) is 24.5. The smallest absolute Gasteiger partial charge is 0.200 e. The fourth-order valence-electron chi connectivity index (χ4n) is 7.17. The van der Waals surface area contributed by atoms with Gasteiger partial charge in [-0.05, 0) is 60.0 Å². The van der Waals surface area contributed by atoms with Gasteiger partial charge < -0.3 is 24.8 Å². The van der Waals surface area contributed by atoms with Crippen molar-refractivity contribution in [3.05, 3.63) is 63.8 Å². The molecule has 3 N–H and O–H groups in total. The summed E-state index contributed by atoms with van der Waals surface area (Å²) >= 11 is 0. The van der Waals surface area contributed by atoms with Crippen molar-refractivity contribution in [2.45, 2.75) is 90.1 Å². The van der Waals surface area contributed by atoms with Gasteiger partial charge in [0, 0.05) is 41.4 Å². The van der Waals surface area contributed by atoms with Gasteiger partial charge in [-0.2, -0.15) is 0 Å². The number of rotatable bonds is 8. The van der Waals surface area contributed by atoms with E-state index in [0.29, 0.717) is 23.9 Å². The molecule has 1 saturated heterocycles. The highest BCUT2D eigenvalue weighted by Crippen LogP contribution is 2.68. The van der Waals surface area contributed by atoms with Gasteiger partial charge in [0.15, 0.2) is 22.8 Å². The van der Waals surface area contributed by atoms with Crippen LogP contribution >= 0.6 is 0 Å². The molecule has 5 aliphatic rings. The predicted molar refractivity (Wildman–Crippen MR) is 152 cm³/mol. The van der Waals surface area contributed by atoms with E-state index < -0.39 is 46.3 Å². The van der Waals surface area contributed by atoms with E-state index in [1.807, 2.05) is 33.8 Å². The van der Waals surface area contributed by atoms with Crippen LogP contribution in [0.4, 0.5) is 0 Å². The van der Waals surface area contributed by atoms with Crippen LogP contribution in [0.3, 0.4) is 0 Å². The van der Waals surface area contributed by atoms with Crippen LogP contribution in [0.15, 0.2) is 47.1 Å². The third kappa shape index (κ3) is 3.91. The summed E-state index contributed by atoms with van der Waals surface area (Å²) in [5, 5.41) is 33.8. The zero-order valence-corrected chi connectivity index (χ0v) is 24.5. The molecule has 0 radical (unpaired) electrons. The number of fused-ring (bicyclic) bond motifs is 1. The number of hydrogen-bond acceptors (Lipinski definition) is 8. The molecule has 3 aliphatic carbocycles. The maximum atomic E-state index is 14.5. The van der Waals surface area contributed by atoms with Crippen LogP contribution in [-0.2, 0) is 27.2 Å². The number of aliphatic hydroxyl groups is 1. The van der Waals surface area contributed by atoms with Gasteiger partial charge in [0.25, 0.3) is 0 Å². The molecular weight excluding hydrogens is 524 g/mol. The highest BCUT2D eigenvalue weighted by molar-refractivity contribution is 6.18. The van der Waals surface area contributed by atoms with E-state index in [9.17, 15) is 29.7 Å². The molecule has 2 heterocycles. The van der Waals surface area contributed by atoms with Gasteiger partial charge in [-0.3, -0.25) is 14.4 Å². The standard InChI is InChI=1S/C33H38O8/c1-16(2)8-9-20-26(36)21(14-23(35)17(3)4)29-25(27(20)37)28(38)22-12-19-13-24-31(6,7)41-32(30(19)39,33(22,24)40-29)11-10-18(5)15-34/h8,10,12,15,19,23-24,35-37H,3,9,11,13-14H2,1-2,4-7H3/b18-10+/t19-,23+,24+,32+,33-/m0/s1. The summed E-state index contributed by atoms with van der Waals surface area (Å²) in [7, 11) is 0. The largest absolute Gasteiger partial charge is 0.507 e. The number of ether oxygens (including phenoxy) is 2. The molecule has 8 heteroatoms. The number of carbonyl (C=O) groups is 3. The quantitative estimate of drug-likeness (QED) is 0.238. The van der Waals surface area contributed by atoms with Crippen molar-refractivity contribution < 1.29 is 39.2 Å². The molecule has 2 fully saturated rings. The van der Waals surface area contributed by atoms with Crippen LogP contribution in [0.5, 0.6) is 17.2 Å². The van der Waals surface area contributed by atoms with E-state index in [4.69, 9.17) is 9.47 Å². The van der Waals surface area contributed by atoms with Gasteiger partial charge in [0.2, 0.25) is 0 Å². The zero-order chi connectivity index (χ0) is 30.2. The van der Waals surface area contributed by atoms with Crippen LogP contribution in [0.2, 0.25) is 0 Å². The molecule has 1 aromatic carbocycles. The van der Waals surface area contributed by atoms with E-state index >= 15 is 0 Å². The van der Waals surface area contributed by atoms with Crippen molar-refractivity contribution in [2.24, 2.45) is 11.8 Å². The minimum Gasteiger partial charge on any atom is -0.507 e. The molecule has 6 rings (SSSR count). The first-order valence-electron chi connectivity index (χ1n) is 14.0. The maximum absolute atomic E-state index is 14.5. The lowest BCUT2D eigenvalue weighted by molar-refractivity contribution is -0.171. The van der Waals surface area contributed by atoms with Crippen LogP contribution < -0.4 is 4.74 Å². The molecule has 5 atom stereocenters. The van der Waals surface area contributed by atoms with Gasteiger partial charge in [-0.25, -0.2) is 0 Å². The van der Waals surface area contributed by atoms with Crippen molar-refractivity contribution in [2.75, 3.05) is 0 Å². The summed E-state index contributed by atoms with van der Waals surface area (Å²) in [4.78, 5) is 40.0. The number of aldehydes is 1. The Hall–Kier alpha value is -3.49. The third-order valence-electron chi connectivity index (χ3n) is 9.27. The number of aliphatic hydroxyl groups excluding tert-OH is 1. The van der Waals surface area contributed by atoms with Crippen LogP contribution in [0.1, 0.15) is 75.9 Å². The lowest BCUT2D eigenvalue weighted by atomic mass is 9.51. The van der Waals surface area contributed by atoms with Crippen molar-refractivity contribution in [1.82, 2.24) is 0 Å². The Bertz CT molecular complexity index is 1490. The van der Waals surface area contributed by atoms with Crippen molar-refractivity contribution in [3.8, 4) is 17.2 Å². The summed E-state index contributed by atoms with van der Waals surface area (Å²) in [5.74, 6) is -2.49. The summed E-state index contributed by atoms with van der Waals surface area (Å²) in [6.45, 7) is 14.6. The second-order valence-corrected chi connectivity index (χ2v) is 12.7. The predicted octanol–water partition coefficient (Wildman–Crippen LogP) is 4.63. The van der Waals surface area contributed by atoms with Gasteiger partial charge >= 0.3 is 0 Å².